The molecule has 0 bridgehead atoms. The summed E-state index contributed by atoms with van der Waals surface area (Å²) in [6, 6.07) is 0. The Morgan fingerprint density at radius 1 is 1.08 bits per heavy atom. The van der Waals surface area contributed by atoms with Crippen LogP contribution in [0.4, 0.5) is 0 Å². The van der Waals surface area contributed by atoms with Crippen LogP contribution >= 0.6 is 0 Å². The Hall–Kier alpha value is -0.0400. The first-order valence-corrected chi connectivity index (χ1v) is 5.15. The van der Waals surface area contributed by atoms with Crippen molar-refractivity contribution < 1.29 is 5.11 Å². The fraction of sp³-hybridized carbons (Fsp3) is 1.00. The van der Waals surface area contributed by atoms with Gasteiger partial charge in [-0.25, -0.2) is 0 Å². The van der Waals surface area contributed by atoms with E-state index in [1.54, 1.807) is 0 Å². The number of aliphatic hydroxyl groups excluding tert-OH is 1. The third-order valence-corrected chi connectivity index (χ3v) is 2.72. The third-order valence-electron chi connectivity index (χ3n) is 2.72. The first-order chi connectivity index (χ1) is 5.47. The summed E-state index contributed by atoms with van der Waals surface area (Å²) in [4.78, 5) is 0. The molecule has 72 valence electrons. The summed E-state index contributed by atoms with van der Waals surface area (Å²) in [5.41, 5.74) is 0.465. The molecule has 1 heteroatoms. The molecule has 0 aromatic heterocycles. The molecule has 12 heavy (non-hydrogen) atoms. The second kappa shape index (κ2) is 3.78. The van der Waals surface area contributed by atoms with Gasteiger partial charge in [0.1, 0.15) is 0 Å². The zero-order chi connectivity index (χ0) is 9.19. The Morgan fingerprint density at radius 2 is 1.58 bits per heavy atom. The Morgan fingerprint density at radius 3 is 2.00 bits per heavy atom. The monoisotopic (exact) mass is 170 g/mol. The van der Waals surface area contributed by atoms with E-state index in [2.05, 4.69) is 20.8 Å². The Kier molecular flexibility index (Phi) is 3.16. The van der Waals surface area contributed by atoms with Crippen molar-refractivity contribution in [3.05, 3.63) is 0 Å². The van der Waals surface area contributed by atoms with Gasteiger partial charge in [-0.2, -0.15) is 0 Å². The molecule has 0 aliphatic heterocycles. The number of aliphatic hydroxyl groups is 1. The van der Waals surface area contributed by atoms with Gasteiger partial charge in [-0.15, -0.1) is 0 Å². The zero-order valence-corrected chi connectivity index (χ0v) is 8.64. The molecule has 0 unspecified atom stereocenters. The van der Waals surface area contributed by atoms with Gasteiger partial charge in [0.15, 0.2) is 0 Å². The molecule has 1 nitrogen and oxygen atoms in total. The molecule has 1 fully saturated rings. The molecule has 0 aromatic rings. The van der Waals surface area contributed by atoms with Crippen LogP contribution in [0.1, 0.15) is 52.9 Å². The summed E-state index contributed by atoms with van der Waals surface area (Å²) in [5, 5.41) is 9.33. The third kappa shape index (κ3) is 3.57. The number of rotatable bonds is 1. The molecule has 0 atom stereocenters. The minimum absolute atomic E-state index is 0.00113. The number of hydrogen-bond acceptors (Lipinski definition) is 1. The second-order valence-electron chi connectivity index (χ2n) is 5.44. The lowest BCUT2D eigenvalue weighted by Crippen LogP contribution is -2.22. The topological polar surface area (TPSA) is 20.2 Å². The Balaban J connectivity index is 2.26. The highest BCUT2D eigenvalue weighted by molar-refractivity contribution is 4.75. The summed E-state index contributed by atoms with van der Waals surface area (Å²) in [7, 11) is 0. The average Bonchev–Trinajstić information content (AvgIpc) is 1.91. The van der Waals surface area contributed by atoms with Crippen molar-refractivity contribution in [3.8, 4) is 0 Å². The Labute approximate surface area is 76.2 Å². The molecule has 0 heterocycles. The van der Waals surface area contributed by atoms with Crippen LogP contribution < -0.4 is 0 Å². The van der Waals surface area contributed by atoms with E-state index in [9.17, 15) is 5.11 Å². The molecule has 0 spiro atoms. The van der Waals surface area contributed by atoms with Gasteiger partial charge in [0.05, 0.1) is 6.10 Å². The quantitative estimate of drug-likeness (QED) is 0.641. The van der Waals surface area contributed by atoms with Crippen molar-refractivity contribution in [3.63, 3.8) is 0 Å². The maximum Gasteiger partial charge on any atom is 0.0540 e. The lowest BCUT2D eigenvalue weighted by molar-refractivity contribution is 0.0957. The van der Waals surface area contributed by atoms with Crippen molar-refractivity contribution >= 4 is 0 Å². The second-order valence-corrected chi connectivity index (χ2v) is 5.44. The van der Waals surface area contributed by atoms with Crippen molar-refractivity contribution in [2.24, 2.45) is 11.3 Å². The molecule has 0 amide bonds. The molecule has 1 aliphatic rings. The molecule has 0 radical (unpaired) electrons. The van der Waals surface area contributed by atoms with Crippen molar-refractivity contribution in [2.45, 2.75) is 59.0 Å². The fourth-order valence-electron chi connectivity index (χ4n) is 2.22. The van der Waals surface area contributed by atoms with Crippen LogP contribution in [0.3, 0.4) is 0 Å². The average molecular weight is 170 g/mol. The highest BCUT2D eigenvalue weighted by Gasteiger charge is 2.23. The van der Waals surface area contributed by atoms with Crippen molar-refractivity contribution in [1.82, 2.24) is 0 Å². The molecular weight excluding hydrogens is 148 g/mol. The van der Waals surface area contributed by atoms with Crippen molar-refractivity contribution in [1.29, 1.82) is 0 Å². The van der Waals surface area contributed by atoms with Gasteiger partial charge in [-0.05, 0) is 43.4 Å². The van der Waals surface area contributed by atoms with Gasteiger partial charge in [-0.3, -0.25) is 0 Å². The van der Waals surface area contributed by atoms with Crippen LogP contribution in [0.15, 0.2) is 0 Å². The largest absolute Gasteiger partial charge is 0.393 e. The predicted molar refractivity (Wildman–Crippen MR) is 52.0 cm³/mol. The SMILES string of the molecule is CC(C)(C)C[C@H]1CC[C@H](O)CC1. The predicted octanol–water partition coefficient (Wildman–Crippen LogP) is 2.97. The summed E-state index contributed by atoms with van der Waals surface area (Å²) >= 11 is 0. The van der Waals surface area contributed by atoms with E-state index in [-0.39, 0.29) is 6.10 Å². The first kappa shape index (κ1) is 10.0. The van der Waals surface area contributed by atoms with Crippen molar-refractivity contribution in [2.75, 3.05) is 0 Å². The summed E-state index contributed by atoms with van der Waals surface area (Å²) in [6.07, 6.45) is 5.85. The van der Waals surface area contributed by atoms with E-state index in [0.717, 1.165) is 18.8 Å². The lowest BCUT2D eigenvalue weighted by Gasteiger charge is -2.30. The van der Waals surface area contributed by atoms with Crippen LogP contribution in [0.2, 0.25) is 0 Å². The van der Waals surface area contributed by atoms with E-state index in [1.165, 1.54) is 19.3 Å². The molecule has 1 N–H and O–H groups in total. The highest BCUT2D eigenvalue weighted by atomic mass is 16.3. The maximum absolute atomic E-state index is 9.33. The van der Waals surface area contributed by atoms with E-state index >= 15 is 0 Å². The van der Waals surface area contributed by atoms with E-state index in [0.29, 0.717) is 5.41 Å². The van der Waals surface area contributed by atoms with Gasteiger partial charge < -0.3 is 5.11 Å². The standard InChI is InChI=1S/C11H22O/c1-11(2,3)8-9-4-6-10(12)7-5-9/h9-10,12H,4-8H2,1-3H3/t9-,10-. The van der Waals surface area contributed by atoms with E-state index in [4.69, 9.17) is 0 Å². The lowest BCUT2D eigenvalue weighted by atomic mass is 9.77. The van der Waals surface area contributed by atoms with Gasteiger partial charge >= 0.3 is 0 Å². The molecule has 0 saturated heterocycles. The maximum atomic E-state index is 9.33. The van der Waals surface area contributed by atoms with Gasteiger partial charge in [0.2, 0.25) is 0 Å². The van der Waals surface area contributed by atoms with Crippen LogP contribution in [0.25, 0.3) is 0 Å². The van der Waals surface area contributed by atoms with E-state index in [1.807, 2.05) is 0 Å². The summed E-state index contributed by atoms with van der Waals surface area (Å²) in [6.45, 7) is 6.91. The minimum Gasteiger partial charge on any atom is -0.393 e. The van der Waals surface area contributed by atoms with Crippen LogP contribution in [-0.4, -0.2) is 11.2 Å². The molecule has 1 rings (SSSR count). The highest BCUT2D eigenvalue weighted by Crippen LogP contribution is 2.33. The molecule has 1 saturated carbocycles. The smallest absolute Gasteiger partial charge is 0.0540 e. The zero-order valence-electron chi connectivity index (χ0n) is 8.64. The van der Waals surface area contributed by atoms with Crippen LogP contribution in [0.5, 0.6) is 0 Å². The minimum atomic E-state index is 0.00113. The summed E-state index contributed by atoms with van der Waals surface area (Å²) in [5.74, 6) is 0.869. The number of hydrogen-bond donors (Lipinski definition) is 1. The molecule has 1 aliphatic carbocycles. The molecule has 0 aromatic carbocycles. The Bertz CT molecular complexity index is 126. The van der Waals surface area contributed by atoms with Gasteiger partial charge in [-0.1, -0.05) is 20.8 Å². The fourth-order valence-corrected chi connectivity index (χ4v) is 2.22. The van der Waals surface area contributed by atoms with Crippen LogP contribution in [0, 0.1) is 11.3 Å². The van der Waals surface area contributed by atoms with Gasteiger partial charge in [0, 0.05) is 0 Å². The molecular formula is C11H22O. The van der Waals surface area contributed by atoms with E-state index < -0.39 is 0 Å². The van der Waals surface area contributed by atoms with Crippen LogP contribution in [-0.2, 0) is 0 Å². The first-order valence-electron chi connectivity index (χ1n) is 5.15. The van der Waals surface area contributed by atoms with Gasteiger partial charge in [0.25, 0.3) is 0 Å². The summed E-state index contributed by atoms with van der Waals surface area (Å²) < 4.78 is 0. The normalized spacial score (nSPS) is 32.0.